The molecule has 0 radical (unpaired) electrons. The van der Waals surface area contributed by atoms with E-state index in [1.807, 2.05) is 37.3 Å². The van der Waals surface area contributed by atoms with Crippen LogP contribution in [0.25, 0.3) is 12.2 Å². The molecule has 0 aliphatic heterocycles. The van der Waals surface area contributed by atoms with Gasteiger partial charge in [-0.1, -0.05) is 24.8 Å². The van der Waals surface area contributed by atoms with Gasteiger partial charge < -0.3 is 5.73 Å². The van der Waals surface area contributed by atoms with Crippen molar-refractivity contribution in [3.8, 4) is 0 Å². The van der Waals surface area contributed by atoms with Crippen molar-refractivity contribution in [1.82, 2.24) is 4.98 Å². The molecule has 0 atom stereocenters. The monoisotopic (exact) mass is 176 g/mol. The van der Waals surface area contributed by atoms with Crippen LogP contribution in [0.3, 0.4) is 0 Å². The SMILES string of the molecule is C=Cc1cccnc1/C=C\C.CN. The fourth-order valence-electron chi connectivity index (χ4n) is 0.900. The van der Waals surface area contributed by atoms with Crippen molar-refractivity contribution in [2.75, 3.05) is 7.05 Å². The van der Waals surface area contributed by atoms with E-state index in [0.717, 1.165) is 11.3 Å². The molecule has 2 nitrogen and oxygen atoms in total. The molecule has 2 heteroatoms. The normalized spacial score (nSPS) is 9.15. The molecule has 1 heterocycles. The average Bonchev–Trinajstić information content (AvgIpc) is 2.22. The van der Waals surface area contributed by atoms with Gasteiger partial charge in [-0.15, -0.1) is 0 Å². The van der Waals surface area contributed by atoms with E-state index in [2.05, 4.69) is 17.3 Å². The Morgan fingerprint density at radius 2 is 2.15 bits per heavy atom. The van der Waals surface area contributed by atoms with Crippen LogP contribution >= 0.6 is 0 Å². The van der Waals surface area contributed by atoms with Crippen LogP contribution in [0.5, 0.6) is 0 Å². The molecule has 0 fully saturated rings. The van der Waals surface area contributed by atoms with Gasteiger partial charge in [0.25, 0.3) is 0 Å². The molecule has 0 saturated heterocycles. The molecule has 0 bridgehead atoms. The highest BCUT2D eigenvalue weighted by Gasteiger charge is 1.92. The Morgan fingerprint density at radius 3 is 2.69 bits per heavy atom. The number of aromatic nitrogens is 1. The number of hydrogen-bond acceptors (Lipinski definition) is 2. The van der Waals surface area contributed by atoms with Gasteiger partial charge in [-0.3, -0.25) is 4.98 Å². The first kappa shape index (κ1) is 11.6. The summed E-state index contributed by atoms with van der Waals surface area (Å²) in [6, 6.07) is 3.90. The van der Waals surface area contributed by atoms with Gasteiger partial charge in [0.1, 0.15) is 0 Å². The fraction of sp³-hybridized carbons (Fsp3) is 0.182. The number of nitrogens with zero attached hydrogens (tertiary/aromatic N) is 1. The van der Waals surface area contributed by atoms with Gasteiger partial charge in [-0.25, -0.2) is 0 Å². The minimum atomic E-state index is 0.977. The summed E-state index contributed by atoms with van der Waals surface area (Å²) in [5.74, 6) is 0. The third-order valence-corrected chi connectivity index (χ3v) is 1.42. The zero-order valence-electron chi connectivity index (χ0n) is 8.20. The van der Waals surface area contributed by atoms with Crippen LogP contribution in [0.4, 0.5) is 0 Å². The number of nitrogens with two attached hydrogens (primary N) is 1. The predicted octanol–water partition coefficient (Wildman–Crippen LogP) is 2.33. The summed E-state index contributed by atoms with van der Waals surface area (Å²) in [5.41, 5.74) is 6.55. The van der Waals surface area contributed by atoms with Gasteiger partial charge in [-0.2, -0.15) is 0 Å². The molecule has 0 aromatic carbocycles. The smallest absolute Gasteiger partial charge is 0.0698 e. The molecule has 0 saturated carbocycles. The van der Waals surface area contributed by atoms with E-state index in [4.69, 9.17) is 0 Å². The van der Waals surface area contributed by atoms with E-state index in [1.54, 1.807) is 6.20 Å². The molecular formula is C11H16N2. The lowest BCUT2D eigenvalue weighted by atomic mass is 10.2. The third kappa shape index (κ3) is 3.67. The van der Waals surface area contributed by atoms with Crippen molar-refractivity contribution in [3.05, 3.63) is 42.2 Å². The maximum atomic E-state index is 4.50. The molecule has 0 aliphatic rings. The Labute approximate surface area is 79.8 Å². The van der Waals surface area contributed by atoms with Crippen molar-refractivity contribution in [2.45, 2.75) is 6.92 Å². The van der Waals surface area contributed by atoms with Crippen molar-refractivity contribution in [3.63, 3.8) is 0 Å². The lowest BCUT2D eigenvalue weighted by Gasteiger charge is -1.96. The van der Waals surface area contributed by atoms with E-state index in [9.17, 15) is 0 Å². The molecule has 0 unspecified atom stereocenters. The Hall–Kier alpha value is -1.41. The zero-order valence-corrected chi connectivity index (χ0v) is 8.20. The van der Waals surface area contributed by atoms with Gasteiger partial charge in [-0.05, 0) is 31.7 Å². The largest absolute Gasteiger partial charge is 0.333 e. The summed E-state index contributed by atoms with van der Waals surface area (Å²) < 4.78 is 0. The quantitative estimate of drug-likeness (QED) is 0.751. The number of rotatable bonds is 2. The lowest BCUT2D eigenvalue weighted by molar-refractivity contribution is 1.28. The highest BCUT2D eigenvalue weighted by molar-refractivity contribution is 5.60. The fourth-order valence-corrected chi connectivity index (χ4v) is 0.900. The number of allylic oxidation sites excluding steroid dienone is 1. The van der Waals surface area contributed by atoms with Crippen molar-refractivity contribution < 1.29 is 0 Å². The number of hydrogen-bond donors (Lipinski definition) is 1. The Morgan fingerprint density at radius 1 is 1.46 bits per heavy atom. The molecule has 70 valence electrons. The predicted molar refractivity (Wildman–Crippen MR) is 59.1 cm³/mol. The van der Waals surface area contributed by atoms with E-state index >= 15 is 0 Å². The molecule has 13 heavy (non-hydrogen) atoms. The zero-order chi connectivity index (χ0) is 10.1. The summed E-state index contributed by atoms with van der Waals surface area (Å²) in [6.07, 6.45) is 7.52. The minimum absolute atomic E-state index is 0.977. The molecule has 1 aromatic rings. The maximum absolute atomic E-state index is 4.50. The van der Waals surface area contributed by atoms with Gasteiger partial charge in [0.2, 0.25) is 0 Å². The first-order chi connectivity index (χ1) is 6.38. The van der Waals surface area contributed by atoms with Crippen LogP contribution in [-0.4, -0.2) is 12.0 Å². The van der Waals surface area contributed by atoms with E-state index in [0.29, 0.717) is 0 Å². The van der Waals surface area contributed by atoms with Crippen LogP contribution in [0.1, 0.15) is 18.2 Å². The number of pyridine rings is 1. The Balaban J connectivity index is 0.000000671. The highest BCUT2D eigenvalue weighted by atomic mass is 14.7. The maximum Gasteiger partial charge on any atom is 0.0698 e. The second kappa shape index (κ2) is 7.25. The molecule has 0 amide bonds. The topological polar surface area (TPSA) is 38.9 Å². The van der Waals surface area contributed by atoms with Crippen molar-refractivity contribution >= 4 is 12.2 Å². The third-order valence-electron chi connectivity index (χ3n) is 1.42. The van der Waals surface area contributed by atoms with Crippen LogP contribution < -0.4 is 5.73 Å². The summed E-state index contributed by atoms with van der Waals surface area (Å²) in [6.45, 7) is 5.67. The second-order valence-electron chi connectivity index (χ2n) is 2.18. The lowest BCUT2D eigenvalue weighted by Crippen LogP contribution is -1.83. The van der Waals surface area contributed by atoms with Gasteiger partial charge >= 0.3 is 0 Å². The minimum Gasteiger partial charge on any atom is -0.333 e. The molecule has 0 aliphatic carbocycles. The van der Waals surface area contributed by atoms with Gasteiger partial charge in [0.05, 0.1) is 5.69 Å². The first-order valence-electron chi connectivity index (χ1n) is 4.16. The van der Waals surface area contributed by atoms with E-state index in [-0.39, 0.29) is 0 Å². The standard InChI is InChI=1S/C10H11N.CH5N/c1-3-6-10-9(4-2)7-5-8-11-10;1-2/h3-8H,2H2,1H3;2H2,1H3/b6-3-;. The second-order valence-corrected chi connectivity index (χ2v) is 2.18. The van der Waals surface area contributed by atoms with E-state index in [1.165, 1.54) is 7.05 Å². The van der Waals surface area contributed by atoms with Gasteiger partial charge in [0, 0.05) is 6.20 Å². The molecule has 2 N–H and O–H groups in total. The Kier molecular flexibility index (Phi) is 6.46. The van der Waals surface area contributed by atoms with Crippen molar-refractivity contribution in [2.24, 2.45) is 5.73 Å². The molecule has 0 spiro atoms. The summed E-state index contributed by atoms with van der Waals surface area (Å²) in [7, 11) is 1.50. The summed E-state index contributed by atoms with van der Waals surface area (Å²) in [4.78, 5) is 4.18. The van der Waals surface area contributed by atoms with Gasteiger partial charge in [0.15, 0.2) is 0 Å². The first-order valence-corrected chi connectivity index (χ1v) is 4.16. The van der Waals surface area contributed by atoms with Crippen LogP contribution in [0.2, 0.25) is 0 Å². The van der Waals surface area contributed by atoms with Crippen LogP contribution in [0.15, 0.2) is 31.0 Å². The van der Waals surface area contributed by atoms with Crippen LogP contribution in [-0.2, 0) is 0 Å². The van der Waals surface area contributed by atoms with Crippen molar-refractivity contribution in [1.29, 1.82) is 0 Å². The molecule has 1 aromatic heterocycles. The summed E-state index contributed by atoms with van der Waals surface area (Å²) >= 11 is 0. The molecular weight excluding hydrogens is 160 g/mol. The Bertz CT molecular complexity index is 277. The van der Waals surface area contributed by atoms with Crippen LogP contribution in [0, 0.1) is 0 Å². The molecule has 1 rings (SSSR count). The summed E-state index contributed by atoms with van der Waals surface area (Å²) in [5, 5.41) is 0. The highest BCUT2D eigenvalue weighted by Crippen LogP contribution is 2.07. The van der Waals surface area contributed by atoms with E-state index < -0.39 is 0 Å². The average molecular weight is 176 g/mol.